The molecule has 0 radical (unpaired) electrons. The van der Waals surface area contributed by atoms with E-state index in [4.69, 9.17) is 4.74 Å². The average Bonchev–Trinajstić information content (AvgIpc) is 2.70. The summed E-state index contributed by atoms with van der Waals surface area (Å²) in [5.41, 5.74) is 1.90. The molecule has 0 saturated heterocycles. The van der Waals surface area contributed by atoms with Crippen LogP contribution in [0.3, 0.4) is 0 Å². The lowest BCUT2D eigenvalue weighted by Crippen LogP contribution is -2.16. The van der Waals surface area contributed by atoms with Gasteiger partial charge in [0.15, 0.2) is 0 Å². The van der Waals surface area contributed by atoms with Crippen LogP contribution in [0.15, 0.2) is 77.7 Å². The third-order valence-electron chi connectivity index (χ3n) is 4.15. The Balaban J connectivity index is 1.86. The van der Waals surface area contributed by atoms with Gasteiger partial charge in [-0.25, -0.2) is 8.42 Å². The fourth-order valence-corrected chi connectivity index (χ4v) is 3.76. The first kappa shape index (κ1) is 19.4. The van der Waals surface area contributed by atoms with Gasteiger partial charge in [-0.1, -0.05) is 36.4 Å². The molecular weight excluding hydrogens is 376 g/mol. The van der Waals surface area contributed by atoms with E-state index in [-0.39, 0.29) is 10.8 Å². The first-order valence-corrected chi connectivity index (χ1v) is 10.0. The van der Waals surface area contributed by atoms with Gasteiger partial charge in [-0.2, -0.15) is 0 Å². The molecule has 0 atom stereocenters. The lowest BCUT2D eigenvalue weighted by molar-refractivity contribution is 0.102. The van der Waals surface area contributed by atoms with Crippen molar-refractivity contribution in [1.29, 1.82) is 0 Å². The molecule has 6 nitrogen and oxygen atoms in total. The number of aryl methyl sites for hydroxylation is 1. The summed E-state index contributed by atoms with van der Waals surface area (Å²) in [6.07, 6.45) is 0. The van der Waals surface area contributed by atoms with E-state index in [0.717, 1.165) is 0 Å². The average molecular weight is 396 g/mol. The topological polar surface area (TPSA) is 84.5 Å². The van der Waals surface area contributed by atoms with Crippen LogP contribution in [0.5, 0.6) is 5.75 Å². The molecule has 0 saturated carbocycles. The van der Waals surface area contributed by atoms with Crippen LogP contribution in [0.25, 0.3) is 0 Å². The molecular formula is C21H20N2O4S. The second kappa shape index (κ2) is 8.14. The standard InChI is InChI=1S/C21H20N2O4S/c1-15-12-13-16(21(24)22-18-10-6-7-11-20(18)27-2)14-19(15)23-28(25,26)17-8-4-3-5-9-17/h3-14,23H,1-2H3,(H,22,24). The SMILES string of the molecule is COc1ccccc1NC(=O)c1ccc(C)c(NS(=O)(=O)c2ccccc2)c1. The number of carbonyl (C=O) groups is 1. The Morgan fingerprint density at radius 1 is 0.893 bits per heavy atom. The van der Waals surface area contributed by atoms with Crippen LogP contribution in [0.1, 0.15) is 15.9 Å². The molecule has 3 aromatic carbocycles. The van der Waals surface area contributed by atoms with Gasteiger partial charge >= 0.3 is 0 Å². The van der Waals surface area contributed by atoms with Crippen LogP contribution in [0.4, 0.5) is 11.4 Å². The summed E-state index contributed by atoms with van der Waals surface area (Å²) in [5.74, 6) is 0.164. The molecule has 0 fully saturated rings. The van der Waals surface area contributed by atoms with Gasteiger partial charge in [0.2, 0.25) is 0 Å². The molecule has 0 unspecified atom stereocenters. The third-order valence-corrected chi connectivity index (χ3v) is 5.53. The highest BCUT2D eigenvalue weighted by Gasteiger charge is 2.17. The lowest BCUT2D eigenvalue weighted by Gasteiger charge is -2.13. The Kier molecular flexibility index (Phi) is 5.65. The van der Waals surface area contributed by atoms with Crippen molar-refractivity contribution in [2.45, 2.75) is 11.8 Å². The second-order valence-electron chi connectivity index (χ2n) is 6.10. The molecule has 0 aliphatic carbocycles. The molecule has 0 bridgehead atoms. The second-order valence-corrected chi connectivity index (χ2v) is 7.79. The van der Waals surface area contributed by atoms with Gasteiger partial charge in [0.25, 0.3) is 15.9 Å². The molecule has 0 heterocycles. The minimum atomic E-state index is -3.75. The minimum Gasteiger partial charge on any atom is -0.495 e. The van der Waals surface area contributed by atoms with E-state index in [1.165, 1.54) is 25.3 Å². The van der Waals surface area contributed by atoms with Gasteiger partial charge in [-0.3, -0.25) is 9.52 Å². The highest BCUT2D eigenvalue weighted by Crippen LogP contribution is 2.25. The molecule has 7 heteroatoms. The molecule has 0 aromatic heterocycles. The maximum atomic E-state index is 12.6. The predicted octanol–water partition coefficient (Wildman–Crippen LogP) is 4.06. The van der Waals surface area contributed by atoms with Crippen molar-refractivity contribution >= 4 is 27.3 Å². The fraction of sp³-hybridized carbons (Fsp3) is 0.0952. The molecule has 2 N–H and O–H groups in total. The normalized spacial score (nSPS) is 10.9. The van der Waals surface area contributed by atoms with Crippen molar-refractivity contribution in [2.24, 2.45) is 0 Å². The third kappa shape index (κ3) is 4.32. The fourth-order valence-electron chi connectivity index (χ4n) is 2.62. The van der Waals surface area contributed by atoms with Gasteiger partial charge in [-0.05, 0) is 48.9 Å². The zero-order valence-corrected chi connectivity index (χ0v) is 16.3. The first-order chi connectivity index (χ1) is 13.4. The van der Waals surface area contributed by atoms with E-state index >= 15 is 0 Å². The van der Waals surface area contributed by atoms with Crippen LogP contribution >= 0.6 is 0 Å². The van der Waals surface area contributed by atoms with Crippen molar-refractivity contribution < 1.29 is 17.9 Å². The van der Waals surface area contributed by atoms with Crippen molar-refractivity contribution in [2.75, 3.05) is 17.1 Å². The number of rotatable bonds is 6. The maximum absolute atomic E-state index is 12.6. The maximum Gasteiger partial charge on any atom is 0.261 e. The van der Waals surface area contributed by atoms with E-state index < -0.39 is 10.0 Å². The van der Waals surface area contributed by atoms with Crippen LogP contribution in [0.2, 0.25) is 0 Å². The van der Waals surface area contributed by atoms with Crippen molar-refractivity contribution in [3.05, 3.63) is 83.9 Å². The summed E-state index contributed by atoms with van der Waals surface area (Å²) in [4.78, 5) is 12.8. The predicted molar refractivity (Wildman–Crippen MR) is 109 cm³/mol. The van der Waals surface area contributed by atoms with Gasteiger partial charge in [0, 0.05) is 5.56 Å². The van der Waals surface area contributed by atoms with Gasteiger partial charge in [0.05, 0.1) is 23.4 Å². The van der Waals surface area contributed by atoms with E-state index in [9.17, 15) is 13.2 Å². The Morgan fingerprint density at radius 2 is 1.57 bits per heavy atom. The quantitative estimate of drug-likeness (QED) is 0.658. The number of hydrogen-bond donors (Lipinski definition) is 2. The number of nitrogens with one attached hydrogen (secondary N) is 2. The van der Waals surface area contributed by atoms with Crippen LogP contribution in [0, 0.1) is 6.92 Å². The van der Waals surface area contributed by atoms with E-state index in [1.54, 1.807) is 61.5 Å². The zero-order chi connectivity index (χ0) is 20.1. The summed E-state index contributed by atoms with van der Waals surface area (Å²) < 4.78 is 32.9. The number of hydrogen-bond acceptors (Lipinski definition) is 4. The number of para-hydroxylation sites is 2. The Labute approximate surface area is 164 Å². The smallest absolute Gasteiger partial charge is 0.261 e. The molecule has 3 aromatic rings. The van der Waals surface area contributed by atoms with Crippen LogP contribution in [-0.4, -0.2) is 21.4 Å². The highest BCUT2D eigenvalue weighted by molar-refractivity contribution is 7.92. The molecule has 0 spiro atoms. The Bertz CT molecular complexity index is 1100. The molecule has 0 aliphatic rings. The Hall–Kier alpha value is -3.32. The first-order valence-electron chi connectivity index (χ1n) is 8.53. The molecule has 28 heavy (non-hydrogen) atoms. The van der Waals surface area contributed by atoms with Gasteiger partial charge < -0.3 is 10.1 Å². The number of sulfonamides is 1. The summed E-state index contributed by atoms with van der Waals surface area (Å²) >= 11 is 0. The molecule has 0 aliphatic heterocycles. The number of amides is 1. The van der Waals surface area contributed by atoms with Crippen LogP contribution in [-0.2, 0) is 10.0 Å². The van der Waals surface area contributed by atoms with Crippen molar-refractivity contribution in [1.82, 2.24) is 0 Å². The molecule has 1 amide bonds. The zero-order valence-electron chi connectivity index (χ0n) is 15.5. The molecule has 3 rings (SSSR count). The minimum absolute atomic E-state index is 0.151. The van der Waals surface area contributed by atoms with E-state index in [0.29, 0.717) is 28.3 Å². The summed E-state index contributed by atoms with van der Waals surface area (Å²) in [7, 11) is -2.23. The number of methoxy groups -OCH3 is 1. The number of ether oxygens (including phenoxy) is 1. The summed E-state index contributed by atoms with van der Waals surface area (Å²) in [6, 6.07) is 20.0. The van der Waals surface area contributed by atoms with Gasteiger partial charge in [0.1, 0.15) is 5.75 Å². The van der Waals surface area contributed by atoms with E-state index in [2.05, 4.69) is 10.0 Å². The lowest BCUT2D eigenvalue weighted by atomic mass is 10.1. The van der Waals surface area contributed by atoms with Crippen molar-refractivity contribution in [3.8, 4) is 5.75 Å². The number of anilines is 2. The number of carbonyl (C=O) groups excluding carboxylic acids is 1. The molecule has 144 valence electrons. The van der Waals surface area contributed by atoms with Gasteiger partial charge in [-0.15, -0.1) is 0 Å². The monoisotopic (exact) mass is 396 g/mol. The highest BCUT2D eigenvalue weighted by atomic mass is 32.2. The Morgan fingerprint density at radius 3 is 2.29 bits per heavy atom. The number of benzene rings is 3. The largest absolute Gasteiger partial charge is 0.495 e. The van der Waals surface area contributed by atoms with E-state index in [1.807, 2.05) is 0 Å². The van der Waals surface area contributed by atoms with Crippen molar-refractivity contribution in [3.63, 3.8) is 0 Å². The summed E-state index contributed by atoms with van der Waals surface area (Å²) in [5, 5.41) is 2.78. The van der Waals surface area contributed by atoms with Crippen LogP contribution < -0.4 is 14.8 Å². The summed E-state index contributed by atoms with van der Waals surface area (Å²) in [6.45, 7) is 1.77.